The van der Waals surface area contributed by atoms with E-state index in [9.17, 15) is 31.2 Å². The molecule has 2 N–H and O–H groups in total. The molecule has 1 saturated heterocycles. The lowest BCUT2D eigenvalue weighted by atomic mass is 10.1. The van der Waals surface area contributed by atoms with Gasteiger partial charge in [0.25, 0.3) is 5.56 Å². The molecule has 1 fully saturated rings. The number of aromatic nitrogens is 3. The Morgan fingerprint density at radius 3 is 2.47 bits per heavy atom. The summed E-state index contributed by atoms with van der Waals surface area (Å²) in [6.45, 7) is 2.16. The van der Waals surface area contributed by atoms with E-state index < -0.39 is 39.6 Å². The number of nitrogens with one attached hydrogen (secondary N) is 2. The molecular formula is C27H27F3N6O5S2. The summed E-state index contributed by atoms with van der Waals surface area (Å²) < 4.78 is 70.4. The number of H-pyrrole nitrogens is 1. The number of amides is 1. The van der Waals surface area contributed by atoms with E-state index in [1.807, 2.05) is 24.3 Å². The molecule has 228 valence electrons. The summed E-state index contributed by atoms with van der Waals surface area (Å²) >= 11 is 1.10. The van der Waals surface area contributed by atoms with Crippen LogP contribution in [0.3, 0.4) is 0 Å². The second-order valence-electron chi connectivity index (χ2n) is 9.79. The van der Waals surface area contributed by atoms with Gasteiger partial charge in [0.15, 0.2) is 5.13 Å². The smallest absolute Gasteiger partial charge is 0.406 e. The number of halogens is 3. The molecule has 5 rings (SSSR count). The van der Waals surface area contributed by atoms with Crippen LogP contribution >= 0.6 is 11.3 Å². The molecule has 4 aromatic rings. The first-order chi connectivity index (χ1) is 20.4. The third-order valence-electron chi connectivity index (χ3n) is 6.80. The summed E-state index contributed by atoms with van der Waals surface area (Å²) in [4.78, 5) is 31.6. The van der Waals surface area contributed by atoms with Gasteiger partial charge < -0.3 is 15.0 Å². The highest BCUT2D eigenvalue weighted by molar-refractivity contribution is 7.89. The second-order valence-corrected chi connectivity index (χ2v) is 12.7. The number of alkyl halides is 3. The monoisotopic (exact) mass is 636 g/mol. The summed E-state index contributed by atoms with van der Waals surface area (Å²) in [5, 5.41) is 9.33. The maximum Gasteiger partial charge on any atom is 0.573 e. The van der Waals surface area contributed by atoms with E-state index in [1.54, 1.807) is 4.90 Å². The van der Waals surface area contributed by atoms with Gasteiger partial charge in [-0.25, -0.2) is 18.5 Å². The number of nitrogens with zero attached hydrogens (tertiary/aromatic N) is 4. The molecule has 2 aromatic heterocycles. The lowest BCUT2D eigenvalue weighted by Gasteiger charge is -2.39. The zero-order valence-corrected chi connectivity index (χ0v) is 24.4. The molecule has 43 heavy (non-hydrogen) atoms. The topological polar surface area (TPSA) is 138 Å². The van der Waals surface area contributed by atoms with Crippen LogP contribution in [-0.2, 0) is 27.8 Å². The van der Waals surface area contributed by atoms with Crippen molar-refractivity contribution in [3.8, 4) is 5.75 Å². The van der Waals surface area contributed by atoms with Crippen molar-refractivity contribution >= 4 is 42.6 Å². The molecule has 3 heterocycles. The van der Waals surface area contributed by atoms with Gasteiger partial charge in [-0.1, -0.05) is 48.9 Å². The predicted octanol–water partition coefficient (Wildman–Crippen LogP) is 3.43. The lowest BCUT2D eigenvalue weighted by Crippen LogP contribution is -2.60. The fourth-order valence-corrected chi connectivity index (χ4v) is 7.25. The zero-order chi connectivity index (χ0) is 30.8. The van der Waals surface area contributed by atoms with E-state index in [-0.39, 0.29) is 31.1 Å². The Balaban J connectivity index is 1.40. The number of anilines is 1. The van der Waals surface area contributed by atoms with Crippen LogP contribution in [0.1, 0.15) is 24.5 Å². The molecule has 16 heteroatoms. The van der Waals surface area contributed by atoms with Crippen molar-refractivity contribution in [3.05, 3.63) is 76.2 Å². The van der Waals surface area contributed by atoms with Crippen molar-refractivity contribution in [2.75, 3.05) is 24.5 Å². The predicted molar refractivity (Wildman–Crippen MR) is 153 cm³/mol. The van der Waals surface area contributed by atoms with E-state index in [2.05, 4.69) is 32.2 Å². The summed E-state index contributed by atoms with van der Waals surface area (Å²) in [7, 11) is -4.32. The normalized spacial score (nSPS) is 16.4. The summed E-state index contributed by atoms with van der Waals surface area (Å²) in [5.74, 6) is -1.14. The minimum absolute atomic E-state index is 0.0824. The molecule has 1 aliphatic rings. The van der Waals surface area contributed by atoms with Crippen LogP contribution in [0, 0.1) is 0 Å². The molecular weight excluding hydrogens is 609 g/mol. The SMILES string of the molecule is CCCc1ccc(CNC(=O)[C@H]2CN(c3nc4cn[nH]c(=O)c4s3)CCN2S(=O)(=O)c2ccc(OC(F)(F)F)cc2)cc1. The molecule has 1 aliphatic heterocycles. The Morgan fingerprint density at radius 2 is 1.81 bits per heavy atom. The largest absolute Gasteiger partial charge is 0.573 e. The van der Waals surface area contributed by atoms with Gasteiger partial charge in [0, 0.05) is 26.2 Å². The maximum absolute atomic E-state index is 13.7. The number of sulfonamides is 1. The molecule has 1 atom stereocenters. The molecule has 0 bridgehead atoms. The number of carbonyl (C=O) groups is 1. The molecule has 1 amide bonds. The number of piperazine rings is 1. The van der Waals surface area contributed by atoms with Gasteiger partial charge in [-0.05, 0) is 41.8 Å². The number of hydrogen-bond acceptors (Lipinski definition) is 9. The van der Waals surface area contributed by atoms with Crippen molar-refractivity contribution in [2.45, 2.75) is 43.6 Å². The minimum Gasteiger partial charge on any atom is -0.406 e. The number of aromatic amines is 1. The van der Waals surface area contributed by atoms with Crippen molar-refractivity contribution in [1.29, 1.82) is 0 Å². The molecule has 0 aliphatic carbocycles. The number of ether oxygens (including phenoxy) is 1. The summed E-state index contributed by atoms with van der Waals surface area (Å²) in [5.41, 5.74) is 1.94. The summed E-state index contributed by atoms with van der Waals surface area (Å²) in [6.07, 6.45) is -1.61. The lowest BCUT2D eigenvalue weighted by molar-refractivity contribution is -0.274. The van der Waals surface area contributed by atoms with Crippen LogP contribution in [0.15, 0.2) is 64.4 Å². The van der Waals surface area contributed by atoms with Crippen LogP contribution in [0.2, 0.25) is 0 Å². The van der Waals surface area contributed by atoms with Gasteiger partial charge in [-0.3, -0.25) is 9.59 Å². The van der Waals surface area contributed by atoms with Crippen molar-refractivity contribution in [2.24, 2.45) is 0 Å². The number of fused-ring (bicyclic) bond motifs is 1. The number of benzene rings is 2. The van der Waals surface area contributed by atoms with E-state index >= 15 is 0 Å². The van der Waals surface area contributed by atoms with Gasteiger partial charge in [0.2, 0.25) is 15.9 Å². The van der Waals surface area contributed by atoms with E-state index in [4.69, 9.17) is 0 Å². The minimum atomic E-state index is -4.93. The standard InChI is InChI=1S/C27H27F3N6O5S2/c1-2-3-17-4-6-18(7-5-17)14-31-24(37)22-16-35(26-33-21-15-32-34-25(38)23(21)42-26)12-13-36(22)43(39,40)20-10-8-19(9-11-20)41-27(28,29)30/h4-11,15,22H,2-3,12-14,16H2,1H3,(H,31,37)(H,34,38)/t22-/m1/s1. The van der Waals surface area contributed by atoms with Gasteiger partial charge in [-0.2, -0.15) is 9.40 Å². The van der Waals surface area contributed by atoms with Crippen molar-refractivity contribution in [3.63, 3.8) is 0 Å². The maximum atomic E-state index is 13.7. The molecule has 0 unspecified atom stereocenters. The van der Waals surface area contributed by atoms with Crippen LogP contribution in [0.4, 0.5) is 18.3 Å². The average Bonchev–Trinajstić information content (AvgIpc) is 3.42. The fourth-order valence-electron chi connectivity index (χ4n) is 4.72. The van der Waals surface area contributed by atoms with Gasteiger partial charge in [0.05, 0.1) is 11.1 Å². The number of hydrogen-bond donors (Lipinski definition) is 2. The van der Waals surface area contributed by atoms with Crippen LogP contribution in [0.25, 0.3) is 10.2 Å². The zero-order valence-electron chi connectivity index (χ0n) is 22.8. The van der Waals surface area contributed by atoms with Crippen LogP contribution < -0.4 is 20.5 Å². The number of aryl methyl sites for hydroxylation is 1. The average molecular weight is 637 g/mol. The Hall–Kier alpha value is -4.02. The highest BCUT2D eigenvalue weighted by Crippen LogP contribution is 2.31. The van der Waals surface area contributed by atoms with E-state index in [0.717, 1.165) is 63.9 Å². The molecule has 0 radical (unpaired) electrons. The highest BCUT2D eigenvalue weighted by atomic mass is 32.2. The Bertz CT molecular complexity index is 1760. The number of rotatable bonds is 9. The highest BCUT2D eigenvalue weighted by Gasteiger charge is 2.41. The van der Waals surface area contributed by atoms with Gasteiger partial charge in [0.1, 0.15) is 22.0 Å². The van der Waals surface area contributed by atoms with Gasteiger partial charge in [-0.15, -0.1) is 13.2 Å². The molecule has 0 spiro atoms. The second kappa shape index (κ2) is 12.3. The van der Waals surface area contributed by atoms with Crippen molar-refractivity contribution in [1.82, 2.24) is 24.8 Å². The van der Waals surface area contributed by atoms with Crippen molar-refractivity contribution < 1.29 is 31.1 Å². The third kappa shape index (κ3) is 6.97. The molecule has 11 nitrogen and oxygen atoms in total. The number of carbonyl (C=O) groups excluding carboxylic acids is 1. The first-order valence-electron chi connectivity index (χ1n) is 13.3. The first kappa shape index (κ1) is 30.4. The van der Waals surface area contributed by atoms with Crippen LogP contribution in [0.5, 0.6) is 5.75 Å². The van der Waals surface area contributed by atoms with E-state index in [1.165, 1.54) is 6.20 Å². The Kier molecular flexibility index (Phi) is 8.71. The summed E-state index contributed by atoms with van der Waals surface area (Å²) in [6, 6.07) is 10.3. The Morgan fingerprint density at radius 1 is 1.12 bits per heavy atom. The fraction of sp³-hybridized carbons (Fsp3) is 0.333. The third-order valence-corrected chi connectivity index (χ3v) is 9.85. The molecule has 2 aromatic carbocycles. The molecule has 0 saturated carbocycles. The van der Waals surface area contributed by atoms with E-state index in [0.29, 0.717) is 15.3 Å². The number of thiazole rings is 1. The quantitative estimate of drug-likeness (QED) is 0.285. The van der Waals surface area contributed by atoms with Gasteiger partial charge >= 0.3 is 6.36 Å². The van der Waals surface area contributed by atoms with Crippen LogP contribution in [-0.4, -0.2) is 65.9 Å². The first-order valence-corrected chi connectivity index (χ1v) is 15.5. The Labute approximate surface area is 248 Å².